The molecule has 0 saturated carbocycles. The van der Waals surface area contributed by atoms with Gasteiger partial charge in [-0.05, 0) is 32.3 Å². The molecule has 2 atom stereocenters. The molecule has 2 aromatic rings. The summed E-state index contributed by atoms with van der Waals surface area (Å²) in [6, 6.07) is 7.78. The normalized spacial score (nSPS) is 27.0. The van der Waals surface area contributed by atoms with Gasteiger partial charge in [-0.1, -0.05) is 11.2 Å². The van der Waals surface area contributed by atoms with Gasteiger partial charge in [-0.15, -0.1) is 0 Å². The van der Waals surface area contributed by atoms with E-state index >= 15 is 0 Å². The van der Waals surface area contributed by atoms with Gasteiger partial charge in [0, 0.05) is 50.0 Å². The molecule has 2 aliphatic heterocycles. The SMILES string of the molecule is Cc1cc(CN2CC[C@@H]3OCCC[C@]3(COc3ccccn3)C2)no1. The fourth-order valence-electron chi connectivity index (χ4n) is 4.10. The number of aryl methyl sites for hydroxylation is 1. The number of ether oxygens (including phenoxy) is 2. The second-order valence-electron chi connectivity index (χ2n) is 7.21. The molecule has 25 heavy (non-hydrogen) atoms. The highest BCUT2D eigenvalue weighted by molar-refractivity contribution is 5.10. The van der Waals surface area contributed by atoms with Crippen molar-refractivity contribution < 1.29 is 14.0 Å². The molecule has 0 amide bonds. The van der Waals surface area contributed by atoms with Crippen molar-refractivity contribution in [1.29, 1.82) is 0 Å². The number of rotatable bonds is 5. The molecular formula is C19H25N3O3. The third-order valence-corrected chi connectivity index (χ3v) is 5.27. The zero-order valence-corrected chi connectivity index (χ0v) is 14.7. The topological polar surface area (TPSA) is 60.6 Å². The van der Waals surface area contributed by atoms with Crippen LogP contribution in [-0.2, 0) is 11.3 Å². The second kappa shape index (κ2) is 7.14. The van der Waals surface area contributed by atoms with Crippen molar-refractivity contribution in [3.05, 3.63) is 41.9 Å². The van der Waals surface area contributed by atoms with E-state index in [1.54, 1.807) is 6.20 Å². The summed E-state index contributed by atoms with van der Waals surface area (Å²) in [7, 11) is 0. The molecule has 6 heteroatoms. The smallest absolute Gasteiger partial charge is 0.213 e. The summed E-state index contributed by atoms with van der Waals surface area (Å²) >= 11 is 0. The van der Waals surface area contributed by atoms with Gasteiger partial charge < -0.3 is 14.0 Å². The molecule has 4 rings (SSSR count). The number of piperidine rings is 1. The van der Waals surface area contributed by atoms with Gasteiger partial charge in [0.1, 0.15) is 5.76 Å². The maximum Gasteiger partial charge on any atom is 0.213 e. The number of fused-ring (bicyclic) bond motifs is 1. The van der Waals surface area contributed by atoms with E-state index in [0.29, 0.717) is 12.5 Å². The molecule has 0 radical (unpaired) electrons. The van der Waals surface area contributed by atoms with Crippen molar-refractivity contribution in [2.45, 2.75) is 38.8 Å². The molecule has 0 aliphatic carbocycles. The van der Waals surface area contributed by atoms with Crippen LogP contribution in [0.1, 0.15) is 30.7 Å². The molecule has 0 bridgehead atoms. The lowest BCUT2D eigenvalue weighted by atomic mass is 9.73. The Kier molecular flexibility index (Phi) is 4.72. The van der Waals surface area contributed by atoms with E-state index in [2.05, 4.69) is 15.0 Å². The molecule has 6 nitrogen and oxygen atoms in total. The zero-order chi connectivity index (χ0) is 17.1. The maximum absolute atomic E-state index is 6.12. The second-order valence-corrected chi connectivity index (χ2v) is 7.21. The molecule has 0 spiro atoms. The minimum Gasteiger partial charge on any atom is -0.477 e. The van der Waals surface area contributed by atoms with Gasteiger partial charge in [-0.3, -0.25) is 4.90 Å². The predicted molar refractivity (Wildman–Crippen MR) is 92.3 cm³/mol. The molecule has 2 aliphatic rings. The number of hydrogen-bond acceptors (Lipinski definition) is 6. The highest BCUT2D eigenvalue weighted by Gasteiger charge is 2.46. The fraction of sp³-hybridized carbons (Fsp3) is 0.579. The van der Waals surface area contributed by atoms with Crippen LogP contribution in [-0.4, -0.2) is 47.4 Å². The third-order valence-electron chi connectivity index (χ3n) is 5.27. The Hall–Kier alpha value is -1.92. The Labute approximate surface area is 148 Å². The van der Waals surface area contributed by atoms with E-state index < -0.39 is 0 Å². The number of likely N-dealkylation sites (tertiary alicyclic amines) is 1. The van der Waals surface area contributed by atoms with Gasteiger partial charge in [0.2, 0.25) is 5.88 Å². The summed E-state index contributed by atoms with van der Waals surface area (Å²) in [6.07, 6.45) is 5.27. The third kappa shape index (κ3) is 3.70. The monoisotopic (exact) mass is 343 g/mol. The summed E-state index contributed by atoms with van der Waals surface area (Å²) in [5.41, 5.74) is 1.01. The van der Waals surface area contributed by atoms with Crippen molar-refractivity contribution in [1.82, 2.24) is 15.0 Å². The average Bonchev–Trinajstić information content (AvgIpc) is 3.05. The van der Waals surface area contributed by atoms with Crippen molar-refractivity contribution in [2.75, 3.05) is 26.3 Å². The molecule has 134 valence electrons. The number of pyridine rings is 1. The minimum absolute atomic E-state index is 0.0206. The summed E-state index contributed by atoms with van der Waals surface area (Å²) in [6.45, 7) is 6.22. The van der Waals surface area contributed by atoms with E-state index in [9.17, 15) is 0 Å². The van der Waals surface area contributed by atoms with Crippen molar-refractivity contribution in [3.63, 3.8) is 0 Å². The lowest BCUT2D eigenvalue weighted by Crippen LogP contribution is -2.57. The van der Waals surface area contributed by atoms with Crippen LogP contribution in [0.2, 0.25) is 0 Å². The number of aromatic nitrogens is 2. The first-order chi connectivity index (χ1) is 12.2. The van der Waals surface area contributed by atoms with Crippen LogP contribution in [0.15, 0.2) is 35.0 Å². The first-order valence-electron chi connectivity index (χ1n) is 9.04. The minimum atomic E-state index is 0.0206. The molecule has 2 fully saturated rings. The van der Waals surface area contributed by atoms with Crippen LogP contribution in [0, 0.1) is 12.3 Å². The molecule has 0 aromatic carbocycles. The van der Waals surface area contributed by atoms with Crippen LogP contribution in [0.25, 0.3) is 0 Å². The van der Waals surface area contributed by atoms with Crippen LogP contribution >= 0.6 is 0 Å². The molecule has 2 aromatic heterocycles. The summed E-state index contributed by atoms with van der Waals surface area (Å²) in [4.78, 5) is 6.74. The number of hydrogen-bond donors (Lipinski definition) is 0. The maximum atomic E-state index is 6.12. The highest BCUT2D eigenvalue weighted by Crippen LogP contribution is 2.40. The van der Waals surface area contributed by atoms with Gasteiger partial charge in [0.15, 0.2) is 0 Å². The molecule has 0 N–H and O–H groups in total. The summed E-state index contributed by atoms with van der Waals surface area (Å²) in [5, 5.41) is 4.14. The Morgan fingerprint density at radius 2 is 2.36 bits per heavy atom. The predicted octanol–water partition coefficient (Wildman–Crippen LogP) is 2.83. The van der Waals surface area contributed by atoms with Gasteiger partial charge in [-0.25, -0.2) is 4.98 Å². The zero-order valence-electron chi connectivity index (χ0n) is 14.7. The largest absolute Gasteiger partial charge is 0.477 e. The quantitative estimate of drug-likeness (QED) is 0.832. The summed E-state index contributed by atoms with van der Waals surface area (Å²) in [5.74, 6) is 1.55. The van der Waals surface area contributed by atoms with Crippen LogP contribution in [0.5, 0.6) is 5.88 Å². The van der Waals surface area contributed by atoms with Crippen LogP contribution in [0.4, 0.5) is 0 Å². The van der Waals surface area contributed by atoms with Crippen LogP contribution in [0.3, 0.4) is 0 Å². The van der Waals surface area contributed by atoms with Gasteiger partial charge in [0.25, 0.3) is 0 Å². The van der Waals surface area contributed by atoms with E-state index in [-0.39, 0.29) is 11.5 Å². The Balaban J connectivity index is 1.46. The molecular weight excluding hydrogens is 318 g/mol. The Bertz CT molecular complexity index is 690. The average molecular weight is 343 g/mol. The van der Waals surface area contributed by atoms with E-state index in [1.165, 1.54) is 0 Å². The van der Waals surface area contributed by atoms with Crippen molar-refractivity contribution in [2.24, 2.45) is 5.41 Å². The van der Waals surface area contributed by atoms with E-state index in [0.717, 1.165) is 57.0 Å². The lowest BCUT2D eigenvalue weighted by Gasteiger charge is -2.50. The standard InChI is InChI=1S/C19H25N3O3/c1-15-11-16(21-25-15)12-22-9-6-17-19(13-22,7-4-10-23-17)14-24-18-5-2-3-8-20-18/h2-3,5,8,11,17H,4,6-7,9-10,12-14H2,1H3/t17-,19+/m0/s1. The van der Waals surface area contributed by atoms with Crippen molar-refractivity contribution in [3.8, 4) is 5.88 Å². The van der Waals surface area contributed by atoms with E-state index in [1.807, 2.05) is 31.2 Å². The van der Waals surface area contributed by atoms with Crippen molar-refractivity contribution >= 4 is 0 Å². The van der Waals surface area contributed by atoms with Gasteiger partial charge in [-0.2, -0.15) is 0 Å². The molecule has 2 saturated heterocycles. The fourth-order valence-corrected chi connectivity index (χ4v) is 4.10. The first kappa shape index (κ1) is 16.5. The highest BCUT2D eigenvalue weighted by atomic mass is 16.5. The Morgan fingerprint density at radius 3 is 3.16 bits per heavy atom. The van der Waals surface area contributed by atoms with Gasteiger partial charge in [0.05, 0.1) is 18.4 Å². The first-order valence-corrected chi connectivity index (χ1v) is 9.04. The summed E-state index contributed by atoms with van der Waals surface area (Å²) < 4.78 is 17.4. The van der Waals surface area contributed by atoms with E-state index in [4.69, 9.17) is 14.0 Å². The Morgan fingerprint density at radius 1 is 1.40 bits per heavy atom. The molecule has 4 heterocycles. The lowest BCUT2D eigenvalue weighted by molar-refractivity contribution is -0.141. The molecule has 0 unspecified atom stereocenters. The number of nitrogens with zero attached hydrogens (tertiary/aromatic N) is 3. The van der Waals surface area contributed by atoms with Gasteiger partial charge >= 0.3 is 0 Å². The van der Waals surface area contributed by atoms with Crippen LogP contribution < -0.4 is 4.74 Å².